The molecule has 1 aliphatic rings. The van der Waals surface area contributed by atoms with Crippen molar-refractivity contribution in [1.82, 2.24) is 10.2 Å². The fourth-order valence-electron chi connectivity index (χ4n) is 2.55. The number of piperazine rings is 1. The smallest absolute Gasteiger partial charge is 0.160 e. The van der Waals surface area contributed by atoms with Gasteiger partial charge in [-0.25, -0.2) is 0 Å². The van der Waals surface area contributed by atoms with Crippen molar-refractivity contribution in [3.8, 4) is 11.5 Å². The van der Waals surface area contributed by atoms with Gasteiger partial charge < -0.3 is 15.2 Å². The predicted molar refractivity (Wildman–Crippen MR) is 76.7 cm³/mol. The molecule has 0 saturated carbocycles. The van der Waals surface area contributed by atoms with Crippen LogP contribution in [0.3, 0.4) is 0 Å². The van der Waals surface area contributed by atoms with Crippen LogP contribution in [-0.2, 0) is 0 Å². The van der Waals surface area contributed by atoms with E-state index in [9.17, 15) is 5.11 Å². The first-order valence-corrected chi connectivity index (χ1v) is 6.69. The van der Waals surface area contributed by atoms with Gasteiger partial charge in [0.1, 0.15) is 0 Å². The third kappa shape index (κ3) is 3.28. The first kappa shape index (κ1) is 13.9. The average molecular weight is 262 g/mol. The molecule has 0 radical (unpaired) electrons. The van der Waals surface area contributed by atoms with Crippen LogP contribution in [0.2, 0.25) is 0 Å². The number of methoxy groups -OCH3 is 1. The summed E-state index contributed by atoms with van der Waals surface area (Å²) in [7, 11) is 1.58. The molecule has 0 spiro atoms. The zero-order valence-corrected chi connectivity index (χ0v) is 11.4. The number of benzene rings is 1. The minimum Gasteiger partial charge on any atom is -0.504 e. The summed E-state index contributed by atoms with van der Waals surface area (Å²) in [6, 6.07) is 5.89. The van der Waals surface area contributed by atoms with E-state index in [4.69, 9.17) is 4.74 Å². The van der Waals surface area contributed by atoms with Gasteiger partial charge in [0.05, 0.1) is 7.11 Å². The summed E-state index contributed by atoms with van der Waals surface area (Å²) in [5, 5.41) is 13.1. The van der Waals surface area contributed by atoms with Crippen LogP contribution in [0.15, 0.2) is 30.9 Å². The number of aromatic hydroxyl groups is 1. The molecule has 19 heavy (non-hydrogen) atoms. The van der Waals surface area contributed by atoms with E-state index in [1.54, 1.807) is 13.2 Å². The molecule has 1 aromatic carbocycles. The molecule has 0 amide bonds. The normalized spacial score (nSPS) is 17.9. The van der Waals surface area contributed by atoms with E-state index in [2.05, 4.69) is 16.8 Å². The Hall–Kier alpha value is -1.52. The number of nitrogens with one attached hydrogen (secondary N) is 1. The van der Waals surface area contributed by atoms with Crippen LogP contribution in [0.5, 0.6) is 11.5 Å². The third-order valence-electron chi connectivity index (χ3n) is 3.57. The topological polar surface area (TPSA) is 44.7 Å². The molecule has 104 valence electrons. The SMILES string of the molecule is C=CC[C@@H](c1ccc(O)c(OC)c1)N1CCNCC1. The highest BCUT2D eigenvalue weighted by Gasteiger charge is 2.21. The van der Waals surface area contributed by atoms with Gasteiger partial charge in [-0.15, -0.1) is 6.58 Å². The highest BCUT2D eigenvalue weighted by Crippen LogP contribution is 2.32. The second-order valence-electron chi connectivity index (χ2n) is 4.76. The lowest BCUT2D eigenvalue weighted by atomic mass is 10.0. The summed E-state index contributed by atoms with van der Waals surface area (Å²) in [5.74, 6) is 0.714. The van der Waals surface area contributed by atoms with Gasteiger partial charge in [-0.05, 0) is 24.1 Å². The van der Waals surface area contributed by atoms with Crippen LogP contribution in [0.4, 0.5) is 0 Å². The van der Waals surface area contributed by atoms with E-state index >= 15 is 0 Å². The molecule has 1 atom stereocenters. The van der Waals surface area contributed by atoms with Crippen LogP contribution in [0.1, 0.15) is 18.0 Å². The molecule has 1 aromatic rings. The molecule has 2 rings (SSSR count). The van der Waals surface area contributed by atoms with Crippen LogP contribution >= 0.6 is 0 Å². The Morgan fingerprint density at radius 1 is 1.47 bits per heavy atom. The van der Waals surface area contributed by atoms with Crippen molar-refractivity contribution >= 4 is 0 Å². The monoisotopic (exact) mass is 262 g/mol. The second-order valence-corrected chi connectivity index (χ2v) is 4.76. The van der Waals surface area contributed by atoms with Gasteiger partial charge in [-0.1, -0.05) is 12.1 Å². The van der Waals surface area contributed by atoms with E-state index < -0.39 is 0 Å². The standard InChI is InChI=1S/C15H22N2O2/c1-3-4-13(17-9-7-16-8-10-17)12-5-6-14(18)15(11-12)19-2/h3,5-6,11,13,16,18H,1,4,7-10H2,2H3/t13-/m0/s1. The third-order valence-corrected chi connectivity index (χ3v) is 3.57. The first-order chi connectivity index (χ1) is 9.26. The molecule has 0 aliphatic carbocycles. The van der Waals surface area contributed by atoms with E-state index in [0.717, 1.165) is 38.2 Å². The molecule has 0 bridgehead atoms. The Balaban J connectivity index is 2.24. The maximum absolute atomic E-state index is 9.69. The second kappa shape index (κ2) is 6.59. The van der Waals surface area contributed by atoms with Crippen molar-refractivity contribution in [2.45, 2.75) is 12.5 Å². The number of rotatable bonds is 5. The molecule has 0 unspecified atom stereocenters. The highest BCUT2D eigenvalue weighted by molar-refractivity contribution is 5.42. The molecule has 1 fully saturated rings. The zero-order valence-electron chi connectivity index (χ0n) is 11.4. The van der Waals surface area contributed by atoms with Gasteiger partial charge in [0, 0.05) is 32.2 Å². The van der Waals surface area contributed by atoms with Gasteiger partial charge >= 0.3 is 0 Å². The molecular formula is C15H22N2O2. The number of hydrogen-bond donors (Lipinski definition) is 2. The molecule has 1 aliphatic heterocycles. The van der Waals surface area contributed by atoms with Crippen molar-refractivity contribution in [1.29, 1.82) is 0 Å². The van der Waals surface area contributed by atoms with Gasteiger partial charge in [0.2, 0.25) is 0 Å². The Labute approximate surface area is 114 Å². The maximum Gasteiger partial charge on any atom is 0.160 e. The molecular weight excluding hydrogens is 240 g/mol. The Morgan fingerprint density at radius 3 is 2.84 bits per heavy atom. The van der Waals surface area contributed by atoms with Crippen molar-refractivity contribution in [2.24, 2.45) is 0 Å². The van der Waals surface area contributed by atoms with Gasteiger partial charge in [-0.2, -0.15) is 0 Å². The van der Waals surface area contributed by atoms with E-state index in [1.165, 1.54) is 0 Å². The Morgan fingerprint density at radius 2 is 2.21 bits per heavy atom. The fourth-order valence-corrected chi connectivity index (χ4v) is 2.55. The number of nitrogens with zero attached hydrogens (tertiary/aromatic N) is 1. The van der Waals surface area contributed by atoms with Gasteiger partial charge in [0.15, 0.2) is 11.5 Å². The Bertz CT molecular complexity index is 428. The summed E-state index contributed by atoms with van der Waals surface area (Å²) >= 11 is 0. The molecule has 4 heteroatoms. The van der Waals surface area contributed by atoms with Crippen LogP contribution in [0, 0.1) is 0 Å². The van der Waals surface area contributed by atoms with Crippen LogP contribution in [0.25, 0.3) is 0 Å². The molecule has 4 nitrogen and oxygen atoms in total. The number of hydrogen-bond acceptors (Lipinski definition) is 4. The number of phenolic OH excluding ortho intramolecular Hbond substituents is 1. The summed E-state index contributed by atoms with van der Waals surface area (Å²) in [4.78, 5) is 2.45. The van der Waals surface area contributed by atoms with Crippen molar-refractivity contribution in [2.75, 3.05) is 33.3 Å². The molecule has 2 N–H and O–H groups in total. The van der Waals surface area contributed by atoms with Crippen molar-refractivity contribution in [3.05, 3.63) is 36.4 Å². The quantitative estimate of drug-likeness (QED) is 0.796. The van der Waals surface area contributed by atoms with E-state index in [0.29, 0.717) is 11.8 Å². The van der Waals surface area contributed by atoms with Gasteiger partial charge in [-0.3, -0.25) is 4.90 Å². The lowest BCUT2D eigenvalue weighted by Gasteiger charge is -2.35. The number of ether oxygens (including phenoxy) is 1. The Kier molecular flexibility index (Phi) is 4.82. The maximum atomic E-state index is 9.69. The van der Waals surface area contributed by atoms with E-state index in [1.807, 2.05) is 18.2 Å². The average Bonchev–Trinajstić information content (AvgIpc) is 2.46. The lowest BCUT2D eigenvalue weighted by Crippen LogP contribution is -2.45. The van der Waals surface area contributed by atoms with Crippen LogP contribution in [-0.4, -0.2) is 43.3 Å². The summed E-state index contributed by atoms with van der Waals surface area (Å²) < 4.78 is 5.19. The van der Waals surface area contributed by atoms with Crippen LogP contribution < -0.4 is 10.1 Å². The fraction of sp³-hybridized carbons (Fsp3) is 0.467. The van der Waals surface area contributed by atoms with Crippen molar-refractivity contribution < 1.29 is 9.84 Å². The summed E-state index contributed by atoms with van der Waals surface area (Å²) in [5.41, 5.74) is 1.16. The molecule has 1 saturated heterocycles. The lowest BCUT2D eigenvalue weighted by molar-refractivity contribution is 0.174. The summed E-state index contributed by atoms with van der Waals surface area (Å²) in [6.45, 7) is 7.95. The van der Waals surface area contributed by atoms with E-state index in [-0.39, 0.29) is 5.75 Å². The van der Waals surface area contributed by atoms with Gasteiger partial charge in [0.25, 0.3) is 0 Å². The predicted octanol–water partition coefficient (Wildman–Crippen LogP) is 1.92. The van der Waals surface area contributed by atoms with Crippen molar-refractivity contribution in [3.63, 3.8) is 0 Å². The zero-order chi connectivity index (χ0) is 13.7. The minimum atomic E-state index is 0.184. The molecule has 1 heterocycles. The largest absolute Gasteiger partial charge is 0.504 e. The summed E-state index contributed by atoms with van der Waals surface area (Å²) in [6.07, 6.45) is 2.85. The number of phenols is 1. The first-order valence-electron chi connectivity index (χ1n) is 6.69. The molecule has 0 aromatic heterocycles. The minimum absolute atomic E-state index is 0.184. The highest BCUT2D eigenvalue weighted by atomic mass is 16.5.